The van der Waals surface area contributed by atoms with Gasteiger partial charge in [0.2, 0.25) is 0 Å². The molecule has 9 heteroatoms. The van der Waals surface area contributed by atoms with Gasteiger partial charge in [-0.3, -0.25) is 19.4 Å². The molecule has 0 unspecified atom stereocenters. The molecule has 0 spiro atoms. The van der Waals surface area contributed by atoms with E-state index in [9.17, 15) is 19.5 Å². The van der Waals surface area contributed by atoms with Crippen molar-refractivity contribution in [1.29, 1.82) is 0 Å². The molecule has 1 aliphatic rings. The number of nitrogens with one attached hydrogen (secondary N) is 2. The van der Waals surface area contributed by atoms with Gasteiger partial charge in [-0.15, -0.1) is 0 Å². The van der Waals surface area contributed by atoms with Crippen LogP contribution in [0.4, 0.5) is 10.5 Å². The number of alkyl carbamates (subject to hydrolysis) is 1. The predicted molar refractivity (Wildman–Crippen MR) is 168 cm³/mol. The number of aryl methyl sites for hydroxylation is 1. The number of amides is 2. The lowest BCUT2D eigenvalue weighted by Gasteiger charge is -2.34. The summed E-state index contributed by atoms with van der Waals surface area (Å²) < 4.78 is 5.30. The van der Waals surface area contributed by atoms with E-state index in [1.54, 1.807) is 30.3 Å². The van der Waals surface area contributed by atoms with Gasteiger partial charge in [0, 0.05) is 57.1 Å². The van der Waals surface area contributed by atoms with Crippen LogP contribution in [0.2, 0.25) is 0 Å². The number of anilines is 1. The molecule has 4 rings (SSSR count). The van der Waals surface area contributed by atoms with E-state index in [0.717, 1.165) is 56.0 Å². The second-order valence-electron chi connectivity index (χ2n) is 12.0. The van der Waals surface area contributed by atoms with Crippen LogP contribution in [0, 0.1) is 6.92 Å². The summed E-state index contributed by atoms with van der Waals surface area (Å²) in [6, 6.07) is 20.9. The van der Waals surface area contributed by atoms with E-state index in [1.165, 1.54) is 5.56 Å². The van der Waals surface area contributed by atoms with Gasteiger partial charge in [0.15, 0.2) is 0 Å². The van der Waals surface area contributed by atoms with E-state index in [1.807, 2.05) is 39.0 Å². The van der Waals surface area contributed by atoms with Crippen LogP contribution in [-0.4, -0.2) is 77.7 Å². The SMILES string of the molecule is Cc1cc(CN2CCN(CCNC(=O)OC(C)(C)C)CC2)ccc1-c1cccc(C(=O)Nc2ccccc2CC(=O)O)c1. The van der Waals surface area contributed by atoms with Crippen molar-refractivity contribution < 1.29 is 24.2 Å². The molecule has 3 aromatic carbocycles. The minimum atomic E-state index is -0.949. The van der Waals surface area contributed by atoms with Gasteiger partial charge >= 0.3 is 12.1 Å². The normalized spacial score (nSPS) is 14.2. The maximum atomic E-state index is 13.1. The van der Waals surface area contributed by atoms with Crippen LogP contribution >= 0.6 is 0 Å². The van der Waals surface area contributed by atoms with Gasteiger partial charge in [0.05, 0.1) is 6.42 Å². The van der Waals surface area contributed by atoms with Crippen molar-refractivity contribution in [3.63, 3.8) is 0 Å². The quantitative estimate of drug-likeness (QED) is 0.300. The van der Waals surface area contributed by atoms with Crippen LogP contribution < -0.4 is 10.6 Å². The summed E-state index contributed by atoms with van der Waals surface area (Å²) in [7, 11) is 0. The first-order valence-corrected chi connectivity index (χ1v) is 14.7. The van der Waals surface area contributed by atoms with Gasteiger partial charge in [0.1, 0.15) is 5.60 Å². The third kappa shape index (κ3) is 9.66. The Labute approximate surface area is 253 Å². The van der Waals surface area contributed by atoms with Crippen molar-refractivity contribution in [3.05, 3.63) is 89.0 Å². The number of nitrogens with zero attached hydrogens (tertiary/aromatic N) is 2. The molecule has 0 radical (unpaired) electrons. The Kier molecular flexibility index (Phi) is 10.6. The molecule has 1 fully saturated rings. The van der Waals surface area contributed by atoms with Crippen LogP contribution in [0.5, 0.6) is 0 Å². The summed E-state index contributed by atoms with van der Waals surface area (Å²) in [6.45, 7) is 13.7. The smallest absolute Gasteiger partial charge is 0.407 e. The number of hydrogen-bond donors (Lipinski definition) is 3. The maximum Gasteiger partial charge on any atom is 0.407 e. The molecule has 1 heterocycles. The lowest BCUT2D eigenvalue weighted by Crippen LogP contribution is -2.48. The Morgan fingerprint density at radius 1 is 0.907 bits per heavy atom. The number of carboxylic acid groups (broad SMARTS) is 1. The minimum Gasteiger partial charge on any atom is -0.481 e. The standard InChI is InChI=1S/C34H42N4O5/c1-24-20-25(23-38-18-16-37(17-19-38)15-14-35-33(42)43-34(2,3)4)12-13-29(24)26-9-7-10-28(21-26)32(41)36-30-11-6-5-8-27(30)22-31(39)40/h5-13,20-21H,14-19,22-23H2,1-4H3,(H,35,42)(H,36,41)(H,39,40). The van der Waals surface area contributed by atoms with E-state index in [4.69, 9.17) is 4.74 Å². The van der Waals surface area contributed by atoms with Gasteiger partial charge < -0.3 is 20.5 Å². The van der Waals surface area contributed by atoms with Gasteiger partial charge in [-0.05, 0) is 73.7 Å². The van der Waals surface area contributed by atoms with E-state index < -0.39 is 11.6 Å². The first-order valence-electron chi connectivity index (χ1n) is 14.7. The summed E-state index contributed by atoms with van der Waals surface area (Å²) >= 11 is 0. The molecule has 0 atom stereocenters. The Morgan fingerprint density at radius 2 is 1.63 bits per heavy atom. The number of carbonyl (C=O) groups is 3. The topological polar surface area (TPSA) is 111 Å². The Bertz CT molecular complexity index is 1440. The number of para-hydroxylation sites is 1. The monoisotopic (exact) mass is 586 g/mol. The Hall–Kier alpha value is -4.21. The largest absolute Gasteiger partial charge is 0.481 e. The second kappa shape index (κ2) is 14.3. The van der Waals surface area contributed by atoms with E-state index in [0.29, 0.717) is 23.4 Å². The Morgan fingerprint density at radius 3 is 2.33 bits per heavy atom. The van der Waals surface area contributed by atoms with Crippen molar-refractivity contribution in [3.8, 4) is 11.1 Å². The van der Waals surface area contributed by atoms with Crippen molar-refractivity contribution in [1.82, 2.24) is 15.1 Å². The van der Waals surface area contributed by atoms with Crippen LogP contribution in [0.3, 0.4) is 0 Å². The molecule has 2 amide bonds. The highest BCUT2D eigenvalue weighted by atomic mass is 16.6. The molecule has 1 saturated heterocycles. The first kappa shape index (κ1) is 31.7. The van der Waals surface area contributed by atoms with Gasteiger partial charge in [-0.25, -0.2) is 4.79 Å². The highest BCUT2D eigenvalue weighted by Gasteiger charge is 2.19. The number of ether oxygens (including phenoxy) is 1. The number of piperazine rings is 1. The maximum absolute atomic E-state index is 13.1. The molecule has 3 N–H and O–H groups in total. The molecule has 3 aromatic rings. The number of carboxylic acids is 1. The van der Waals surface area contributed by atoms with Crippen LogP contribution in [0.25, 0.3) is 11.1 Å². The highest BCUT2D eigenvalue weighted by Crippen LogP contribution is 2.26. The average molecular weight is 587 g/mol. The number of rotatable bonds is 10. The molecule has 0 saturated carbocycles. The van der Waals surface area contributed by atoms with E-state index >= 15 is 0 Å². The molecular formula is C34H42N4O5. The van der Waals surface area contributed by atoms with Gasteiger partial charge in [0.25, 0.3) is 5.91 Å². The molecular weight excluding hydrogens is 544 g/mol. The third-order valence-electron chi connectivity index (χ3n) is 7.30. The van der Waals surface area contributed by atoms with Crippen LogP contribution in [0.15, 0.2) is 66.7 Å². The lowest BCUT2D eigenvalue weighted by molar-refractivity contribution is -0.136. The molecule has 1 aliphatic heterocycles. The van der Waals surface area contributed by atoms with Crippen LogP contribution in [0.1, 0.15) is 47.8 Å². The lowest BCUT2D eigenvalue weighted by atomic mass is 9.96. The fourth-order valence-electron chi connectivity index (χ4n) is 5.19. The second-order valence-corrected chi connectivity index (χ2v) is 12.0. The third-order valence-corrected chi connectivity index (χ3v) is 7.30. The van der Waals surface area contributed by atoms with E-state index in [-0.39, 0.29) is 18.4 Å². The number of hydrogen-bond acceptors (Lipinski definition) is 6. The molecule has 43 heavy (non-hydrogen) atoms. The first-order chi connectivity index (χ1) is 20.5. The fourth-order valence-corrected chi connectivity index (χ4v) is 5.19. The van der Waals surface area contributed by atoms with Crippen molar-refractivity contribution >= 4 is 23.7 Å². The molecule has 228 valence electrons. The summed E-state index contributed by atoms with van der Waals surface area (Å²) in [4.78, 5) is 40.9. The van der Waals surface area contributed by atoms with Crippen molar-refractivity contribution in [2.45, 2.75) is 46.3 Å². The van der Waals surface area contributed by atoms with Crippen molar-refractivity contribution in [2.75, 3.05) is 44.6 Å². The summed E-state index contributed by atoms with van der Waals surface area (Å²) in [5, 5.41) is 14.9. The van der Waals surface area contributed by atoms with Crippen molar-refractivity contribution in [2.24, 2.45) is 0 Å². The fraction of sp³-hybridized carbons (Fsp3) is 0.382. The predicted octanol–water partition coefficient (Wildman–Crippen LogP) is 5.18. The Balaban J connectivity index is 1.31. The zero-order valence-electron chi connectivity index (χ0n) is 25.5. The summed E-state index contributed by atoms with van der Waals surface area (Å²) in [5.41, 5.74) is 5.45. The average Bonchev–Trinajstić information content (AvgIpc) is 2.94. The highest BCUT2D eigenvalue weighted by molar-refractivity contribution is 6.05. The molecule has 0 aromatic heterocycles. The number of aliphatic carboxylic acids is 1. The van der Waals surface area contributed by atoms with E-state index in [2.05, 4.69) is 45.6 Å². The number of carbonyl (C=O) groups excluding carboxylic acids is 2. The molecule has 0 bridgehead atoms. The van der Waals surface area contributed by atoms with Crippen LogP contribution in [-0.2, 0) is 22.5 Å². The molecule has 9 nitrogen and oxygen atoms in total. The number of benzene rings is 3. The molecule has 0 aliphatic carbocycles. The zero-order valence-corrected chi connectivity index (χ0v) is 25.5. The van der Waals surface area contributed by atoms with Gasteiger partial charge in [-0.2, -0.15) is 0 Å². The minimum absolute atomic E-state index is 0.162. The zero-order chi connectivity index (χ0) is 31.0. The summed E-state index contributed by atoms with van der Waals surface area (Å²) in [5.74, 6) is -1.23. The van der Waals surface area contributed by atoms with Gasteiger partial charge in [-0.1, -0.05) is 48.5 Å². The summed E-state index contributed by atoms with van der Waals surface area (Å²) in [6.07, 6.45) is -0.538.